The Hall–Kier alpha value is -2.14. The van der Waals surface area contributed by atoms with Gasteiger partial charge in [0, 0.05) is 21.9 Å². The van der Waals surface area contributed by atoms with Crippen molar-refractivity contribution < 1.29 is 13.6 Å². The topological polar surface area (TPSA) is 29.1 Å². The summed E-state index contributed by atoms with van der Waals surface area (Å²) in [6.45, 7) is 0. The number of amides is 1. The van der Waals surface area contributed by atoms with Gasteiger partial charge in [-0.25, -0.2) is 0 Å². The summed E-state index contributed by atoms with van der Waals surface area (Å²) >= 11 is 1.64. The minimum Gasteiger partial charge on any atom is -0.326 e. The maximum atomic E-state index is 11.9. The molecule has 0 unspecified atom stereocenters. The SMILES string of the molecule is O=C(CCCC=C(F)F)Nc1ccc(Sc2ccccc2)cc1. The smallest absolute Gasteiger partial charge is 0.266 e. The fourth-order valence-electron chi connectivity index (χ4n) is 1.93. The minimum absolute atomic E-state index is 0.166. The van der Waals surface area contributed by atoms with Crippen LogP contribution in [0.25, 0.3) is 0 Å². The van der Waals surface area contributed by atoms with Gasteiger partial charge in [-0.2, -0.15) is 8.78 Å². The van der Waals surface area contributed by atoms with Crippen molar-refractivity contribution in [2.24, 2.45) is 0 Å². The van der Waals surface area contributed by atoms with Gasteiger partial charge in [0.05, 0.1) is 0 Å². The predicted molar refractivity (Wildman–Crippen MR) is 89.8 cm³/mol. The Morgan fingerprint density at radius 1 is 1.00 bits per heavy atom. The summed E-state index contributed by atoms with van der Waals surface area (Å²) in [5.74, 6) is -0.166. The van der Waals surface area contributed by atoms with Crippen molar-refractivity contribution in [1.82, 2.24) is 0 Å². The molecule has 2 aromatic carbocycles. The Labute approximate surface area is 138 Å². The van der Waals surface area contributed by atoms with Crippen LogP contribution >= 0.6 is 11.8 Å². The zero-order chi connectivity index (χ0) is 16.5. The van der Waals surface area contributed by atoms with E-state index < -0.39 is 6.08 Å². The molecule has 0 aromatic heterocycles. The van der Waals surface area contributed by atoms with Gasteiger partial charge in [-0.05, 0) is 55.3 Å². The van der Waals surface area contributed by atoms with Gasteiger partial charge in [-0.3, -0.25) is 4.79 Å². The number of carbonyl (C=O) groups excluding carboxylic acids is 1. The number of anilines is 1. The average molecular weight is 333 g/mol. The first kappa shape index (κ1) is 17.2. The van der Waals surface area contributed by atoms with Crippen LogP contribution in [-0.4, -0.2) is 5.91 Å². The molecule has 0 aliphatic rings. The first-order valence-corrected chi connectivity index (χ1v) is 8.09. The number of hydrogen-bond acceptors (Lipinski definition) is 2. The second-order valence-corrected chi connectivity index (χ2v) is 6.02. The van der Waals surface area contributed by atoms with Crippen molar-refractivity contribution >= 4 is 23.4 Å². The van der Waals surface area contributed by atoms with E-state index in [0.29, 0.717) is 12.1 Å². The molecular weight excluding hydrogens is 316 g/mol. The van der Waals surface area contributed by atoms with E-state index >= 15 is 0 Å². The van der Waals surface area contributed by atoms with Crippen LogP contribution < -0.4 is 5.32 Å². The molecule has 23 heavy (non-hydrogen) atoms. The van der Waals surface area contributed by atoms with Crippen LogP contribution in [0.5, 0.6) is 0 Å². The number of carbonyl (C=O) groups is 1. The first-order chi connectivity index (χ1) is 11.1. The Morgan fingerprint density at radius 3 is 2.30 bits per heavy atom. The highest BCUT2D eigenvalue weighted by molar-refractivity contribution is 7.99. The molecule has 0 aliphatic heterocycles. The lowest BCUT2D eigenvalue weighted by atomic mass is 10.2. The van der Waals surface area contributed by atoms with Crippen LogP contribution in [0.2, 0.25) is 0 Å². The van der Waals surface area contributed by atoms with Gasteiger partial charge >= 0.3 is 0 Å². The third-order valence-corrected chi connectivity index (χ3v) is 4.04. The van der Waals surface area contributed by atoms with E-state index in [1.807, 2.05) is 54.6 Å². The van der Waals surface area contributed by atoms with E-state index in [1.54, 1.807) is 11.8 Å². The molecule has 2 rings (SSSR count). The number of rotatable bonds is 7. The molecular formula is C18H17F2NOS. The molecule has 1 N–H and O–H groups in total. The first-order valence-electron chi connectivity index (χ1n) is 7.27. The molecule has 0 heterocycles. The highest BCUT2D eigenvalue weighted by Gasteiger charge is 2.03. The number of nitrogens with one attached hydrogen (secondary N) is 1. The second-order valence-electron chi connectivity index (χ2n) is 4.87. The Morgan fingerprint density at radius 2 is 1.65 bits per heavy atom. The molecule has 0 saturated heterocycles. The molecule has 0 atom stereocenters. The lowest BCUT2D eigenvalue weighted by Gasteiger charge is -2.06. The third-order valence-electron chi connectivity index (χ3n) is 3.02. The lowest BCUT2D eigenvalue weighted by molar-refractivity contribution is -0.116. The fourth-order valence-corrected chi connectivity index (χ4v) is 2.77. The number of allylic oxidation sites excluding steroid dienone is 1. The molecule has 0 aliphatic carbocycles. The van der Waals surface area contributed by atoms with E-state index in [9.17, 15) is 13.6 Å². The van der Waals surface area contributed by atoms with Gasteiger partial charge < -0.3 is 5.32 Å². The molecule has 0 bridgehead atoms. The molecule has 1 amide bonds. The molecule has 5 heteroatoms. The summed E-state index contributed by atoms with van der Waals surface area (Å²) in [6.07, 6.45) is -0.0161. The van der Waals surface area contributed by atoms with E-state index in [-0.39, 0.29) is 18.7 Å². The van der Waals surface area contributed by atoms with Crippen molar-refractivity contribution in [3.63, 3.8) is 0 Å². The van der Waals surface area contributed by atoms with Gasteiger partial charge in [-0.1, -0.05) is 30.0 Å². The van der Waals surface area contributed by atoms with Gasteiger partial charge in [0.2, 0.25) is 5.91 Å². The molecule has 0 fully saturated rings. The molecule has 2 aromatic rings. The van der Waals surface area contributed by atoms with Crippen molar-refractivity contribution in [2.45, 2.75) is 29.1 Å². The predicted octanol–water partition coefficient (Wildman–Crippen LogP) is 5.73. The number of benzene rings is 2. The summed E-state index contributed by atoms with van der Waals surface area (Å²) in [4.78, 5) is 13.9. The molecule has 120 valence electrons. The third kappa shape index (κ3) is 6.65. The van der Waals surface area contributed by atoms with Gasteiger partial charge in [0.1, 0.15) is 0 Å². The Bertz CT molecular complexity index is 652. The van der Waals surface area contributed by atoms with Crippen LogP contribution in [-0.2, 0) is 4.79 Å². The summed E-state index contributed by atoms with van der Waals surface area (Å²) in [6, 6.07) is 17.6. The van der Waals surface area contributed by atoms with Crippen molar-refractivity contribution in [3.8, 4) is 0 Å². The van der Waals surface area contributed by atoms with Crippen LogP contribution in [0, 0.1) is 0 Å². The highest BCUT2D eigenvalue weighted by atomic mass is 32.2. The molecule has 0 radical (unpaired) electrons. The highest BCUT2D eigenvalue weighted by Crippen LogP contribution is 2.28. The summed E-state index contributed by atoms with van der Waals surface area (Å²) in [7, 11) is 0. The minimum atomic E-state index is -1.70. The number of unbranched alkanes of at least 4 members (excludes halogenated alkanes) is 1. The zero-order valence-electron chi connectivity index (χ0n) is 12.5. The van der Waals surface area contributed by atoms with Crippen molar-refractivity contribution in [2.75, 3.05) is 5.32 Å². The molecule has 0 saturated carbocycles. The summed E-state index contributed by atoms with van der Waals surface area (Å²) in [5.41, 5.74) is 0.708. The van der Waals surface area contributed by atoms with Gasteiger partial charge in [-0.15, -0.1) is 0 Å². The summed E-state index contributed by atoms with van der Waals surface area (Å²) < 4.78 is 23.7. The quantitative estimate of drug-likeness (QED) is 0.656. The number of halogens is 2. The average Bonchev–Trinajstić information content (AvgIpc) is 2.54. The monoisotopic (exact) mass is 333 g/mol. The van der Waals surface area contributed by atoms with Gasteiger partial charge in [0.25, 0.3) is 6.08 Å². The largest absolute Gasteiger partial charge is 0.326 e. The van der Waals surface area contributed by atoms with E-state index in [0.717, 1.165) is 15.9 Å². The second kappa shape index (κ2) is 9.10. The van der Waals surface area contributed by atoms with Crippen molar-refractivity contribution in [3.05, 3.63) is 66.8 Å². The lowest BCUT2D eigenvalue weighted by Crippen LogP contribution is -2.10. The van der Waals surface area contributed by atoms with Crippen LogP contribution in [0.15, 0.2) is 76.5 Å². The molecule has 2 nitrogen and oxygen atoms in total. The zero-order valence-corrected chi connectivity index (χ0v) is 13.3. The Kier molecular flexibility index (Phi) is 6.81. The molecule has 0 spiro atoms. The Balaban J connectivity index is 1.80. The maximum absolute atomic E-state index is 11.9. The van der Waals surface area contributed by atoms with E-state index in [2.05, 4.69) is 5.32 Å². The maximum Gasteiger partial charge on any atom is 0.266 e. The normalized spacial score (nSPS) is 10.2. The van der Waals surface area contributed by atoms with Crippen LogP contribution in [0.3, 0.4) is 0 Å². The van der Waals surface area contributed by atoms with E-state index in [4.69, 9.17) is 0 Å². The fraction of sp³-hybridized carbons (Fsp3) is 0.167. The standard InChI is InChI=1S/C18H17F2NOS/c19-17(20)8-4-5-9-18(22)21-14-10-12-16(13-11-14)23-15-6-2-1-3-7-15/h1-3,6-8,10-13H,4-5,9H2,(H,21,22). The van der Waals surface area contributed by atoms with Gasteiger partial charge in [0.15, 0.2) is 0 Å². The number of hydrogen-bond donors (Lipinski definition) is 1. The van der Waals surface area contributed by atoms with Crippen LogP contribution in [0.4, 0.5) is 14.5 Å². The van der Waals surface area contributed by atoms with Crippen LogP contribution in [0.1, 0.15) is 19.3 Å². The summed E-state index contributed by atoms with van der Waals surface area (Å²) in [5, 5.41) is 2.76. The van der Waals surface area contributed by atoms with Crippen molar-refractivity contribution in [1.29, 1.82) is 0 Å². The van der Waals surface area contributed by atoms with E-state index in [1.165, 1.54) is 0 Å².